The number of likely N-dealkylation sites (N-methyl/N-ethyl adjacent to an activating group) is 2. The van der Waals surface area contributed by atoms with E-state index in [0.29, 0.717) is 23.8 Å². The molecule has 1 aromatic carbocycles. The minimum atomic E-state index is -0.247. The largest absolute Gasteiger partial charge is 0.355 e. The molecule has 7 heteroatoms. The van der Waals surface area contributed by atoms with Crippen molar-refractivity contribution in [3.63, 3.8) is 0 Å². The van der Waals surface area contributed by atoms with Gasteiger partial charge in [0.15, 0.2) is 0 Å². The molecule has 1 N–H and O–H groups in total. The van der Waals surface area contributed by atoms with Crippen molar-refractivity contribution in [1.29, 1.82) is 0 Å². The van der Waals surface area contributed by atoms with Crippen molar-refractivity contribution in [3.05, 3.63) is 40.4 Å². The maximum atomic E-state index is 12.5. The third-order valence-corrected chi connectivity index (χ3v) is 4.30. The first kappa shape index (κ1) is 17.4. The van der Waals surface area contributed by atoms with Crippen LogP contribution in [0.5, 0.6) is 0 Å². The molecule has 2 rings (SSSR count). The van der Waals surface area contributed by atoms with Crippen LogP contribution in [-0.4, -0.2) is 41.3 Å². The molecule has 0 aliphatic rings. The van der Waals surface area contributed by atoms with E-state index in [1.807, 2.05) is 26.0 Å². The number of nitrogens with one attached hydrogen (secondary N) is 1. The van der Waals surface area contributed by atoms with Crippen molar-refractivity contribution in [1.82, 2.24) is 15.2 Å². The van der Waals surface area contributed by atoms with E-state index in [1.165, 1.54) is 16.2 Å². The highest BCUT2D eigenvalue weighted by Gasteiger charge is 2.20. The van der Waals surface area contributed by atoms with Gasteiger partial charge in [-0.3, -0.25) is 9.59 Å². The number of carbonyl (C=O) groups is 2. The number of amides is 2. The molecule has 23 heavy (non-hydrogen) atoms. The van der Waals surface area contributed by atoms with Crippen LogP contribution in [0.15, 0.2) is 29.6 Å². The van der Waals surface area contributed by atoms with Crippen molar-refractivity contribution in [3.8, 4) is 10.6 Å². The summed E-state index contributed by atoms with van der Waals surface area (Å²) >= 11 is 7.36. The van der Waals surface area contributed by atoms with Crippen LogP contribution in [0.25, 0.3) is 10.6 Å². The number of rotatable bonds is 6. The Morgan fingerprint density at radius 1 is 1.35 bits per heavy atom. The summed E-state index contributed by atoms with van der Waals surface area (Å²) in [5.41, 5.74) is 1.21. The quantitative estimate of drug-likeness (QED) is 0.870. The highest BCUT2D eigenvalue weighted by Crippen LogP contribution is 2.26. The van der Waals surface area contributed by atoms with E-state index in [4.69, 9.17) is 11.6 Å². The van der Waals surface area contributed by atoms with Crippen LogP contribution in [0.3, 0.4) is 0 Å². The van der Waals surface area contributed by atoms with Crippen LogP contribution in [0.2, 0.25) is 5.02 Å². The van der Waals surface area contributed by atoms with Gasteiger partial charge in [0.1, 0.15) is 10.7 Å². The van der Waals surface area contributed by atoms with Crippen LogP contribution >= 0.6 is 22.9 Å². The van der Waals surface area contributed by atoms with Crippen molar-refractivity contribution in [2.75, 3.05) is 19.6 Å². The normalized spacial score (nSPS) is 10.4. The molecule has 5 nitrogen and oxygen atoms in total. The molecule has 0 aliphatic carbocycles. The number of aromatic nitrogens is 1. The summed E-state index contributed by atoms with van der Waals surface area (Å²) < 4.78 is 0. The molecule has 0 unspecified atom stereocenters. The third kappa shape index (κ3) is 4.53. The zero-order chi connectivity index (χ0) is 16.8. The summed E-state index contributed by atoms with van der Waals surface area (Å²) in [4.78, 5) is 30.0. The van der Waals surface area contributed by atoms with Gasteiger partial charge in [-0.25, -0.2) is 4.98 Å². The van der Waals surface area contributed by atoms with Crippen LogP contribution in [-0.2, 0) is 4.79 Å². The van der Waals surface area contributed by atoms with Crippen molar-refractivity contribution in [2.24, 2.45) is 0 Å². The molecule has 0 radical (unpaired) electrons. The molecule has 0 atom stereocenters. The van der Waals surface area contributed by atoms with Gasteiger partial charge < -0.3 is 10.2 Å². The standard InChI is InChI=1S/C16H18ClN3O2S/c1-3-18-14(21)9-20(4-2)16(22)13-10-23-15(19-13)11-6-5-7-12(17)8-11/h5-8,10H,3-4,9H2,1-2H3,(H,18,21). The number of thiazole rings is 1. The Morgan fingerprint density at radius 2 is 2.13 bits per heavy atom. The van der Waals surface area contributed by atoms with Crippen molar-refractivity contribution >= 4 is 34.8 Å². The van der Waals surface area contributed by atoms with Gasteiger partial charge in [-0.1, -0.05) is 23.7 Å². The second-order valence-electron chi connectivity index (χ2n) is 4.82. The fourth-order valence-electron chi connectivity index (χ4n) is 2.04. The predicted molar refractivity (Wildman–Crippen MR) is 92.8 cm³/mol. The second-order valence-corrected chi connectivity index (χ2v) is 6.12. The van der Waals surface area contributed by atoms with E-state index >= 15 is 0 Å². The molecule has 1 heterocycles. The van der Waals surface area contributed by atoms with Gasteiger partial charge in [-0.15, -0.1) is 11.3 Å². The molecule has 2 aromatic rings. The van der Waals surface area contributed by atoms with Gasteiger partial charge in [-0.2, -0.15) is 0 Å². The van der Waals surface area contributed by atoms with E-state index in [2.05, 4.69) is 10.3 Å². The minimum absolute atomic E-state index is 0.0349. The van der Waals surface area contributed by atoms with Crippen LogP contribution in [0, 0.1) is 0 Å². The fraction of sp³-hybridized carbons (Fsp3) is 0.312. The van der Waals surface area contributed by atoms with Crippen molar-refractivity contribution in [2.45, 2.75) is 13.8 Å². The lowest BCUT2D eigenvalue weighted by atomic mass is 10.2. The second kappa shape index (κ2) is 8.08. The van der Waals surface area contributed by atoms with Crippen LogP contribution < -0.4 is 5.32 Å². The first-order valence-electron chi connectivity index (χ1n) is 7.32. The maximum absolute atomic E-state index is 12.5. The molecule has 0 saturated carbocycles. The van der Waals surface area contributed by atoms with Crippen molar-refractivity contribution < 1.29 is 9.59 Å². The number of hydrogen-bond acceptors (Lipinski definition) is 4. The van der Waals surface area contributed by atoms with E-state index in [-0.39, 0.29) is 18.4 Å². The molecule has 0 fully saturated rings. The Kier molecular flexibility index (Phi) is 6.12. The Morgan fingerprint density at radius 3 is 2.78 bits per heavy atom. The summed E-state index contributed by atoms with van der Waals surface area (Å²) in [5, 5.41) is 5.74. The van der Waals surface area contributed by atoms with Gasteiger partial charge in [0.2, 0.25) is 5.91 Å². The molecule has 122 valence electrons. The zero-order valence-electron chi connectivity index (χ0n) is 13.0. The Labute approximate surface area is 144 Å². The van der Waals surface area contributed by atoms with E-state index < -0.39 is 0 Å². The number of carbonyl (C=O) groups excluding carboxylic acids is 2. The van der Waals surface area contributed by atoms with E-state index in [9.17, 15) is 9.59 Å². The SMILES string of the molecule is CCNC(=O)CN(CC)C(=O)c1csc(-c2cccc(Cl)c2)n1. The minimum Gasteiger partial charge on any atom is -0.355 e. The van der Waals surface area contributed by atoms with Gasteiger partial charge in [0.05, 0.1) is 6.54 Å². The third-order valence-electron chi connectivity index (χ3n) is 3.17. The monoisotopic (exact) mass is 351 g/mol. The predicted octanol–water partition coefficient (Wildman–Crippen LogP) is 3.06. The van der Waals surface area contributed by atoms with Crippen LogP contribution in [0.1, 0.15) is 24.3 Å². The Bertz CT molecular complexity index is 702. The number of benzene rings is 1. The molecule has 2 amide bonds. The molecule has 0 spiro atoms. The summed E-state index contributed by atoms with van der Waals surface area (Å²) in [5.74, 6) is -0.420. The highest BCUT2D eigenvalue weighted by atomic mass is 35.5. The number of hydrogen-bond donors (Lipinski definition) is 1. The zero-order valence-corrected chi connectivity index (χ0v) is 14.6. The Hall–Kier alpha value is -1.92. The lowest BCUT2D eigenvalue weighted by Crippen LogP contribution is -2.40. The molecule has 0 saturated heterocycles. The summed E-state index contributed by atoms with van der Waals surface area (Å²) in [7, 11) is 0. The lowest BCUT2D eigenvalue weighted by molar-refractivity contribution is -0.121. The van der Waals surface area contributed by atoms with Gasteiger partial charge >= 0.3 is 0 Å². The average molecular weight is 352 g/mol. The molecule has 0 aliphatic heterocycles. The van der Waals surface area contributed by atoms with Gasteiger partial charge in [-0.05, 0) is 26.0 Å². The summed E-state index contributed by atoms with van der Waals surface area (Å²) in [6, 6.07) is 7.33. The van der Waals surface area contributed by atoms with E-state index in [0.717, 1.165) is 10.6 Å². The first-order valence-corrected chi connectivity index (χ1v) is 8.58. The van der Waals surface area contributed by atoms with E-state index in [1.54, 1.807) is 17.5 Å². The Balaban J connectivity index is 2.15. The fourth-order valence-corrected chi connectivity index (χ4v) is 3.02. The summed E-state index contributed by atoms with van der Waals surface area (Å²) in [6.45, 7) is 4.70. The van der Waals surface area contributed by atoms with Gasteiger partial charge in [0, 0.05) is 29.1 Å². The van der Waals surface area contributed by atoms with Gasteiger partial charge in [0.25, 0.3) is 5.91 Å². The smallest absolute Gasteiger partial charge is 0.273 e. The van der Waals surface area contributed by atoms with Crippen LogP contribution in [0.4, 0.5) is 0 Å². The number of halogens is 1. The number of nitrogens with zero attached hydrogens (tertiary/aromatic N) is 2. The average Bonchev–Trinajstić information content (AvgIpc) is 3.02. The highest BCUT2D eigenvalue weighted by molar-refractivity contribution is 7.13. The molecular weight excluding hydrogens is 334 g/mol. The topological polar surface area (TPSA) is 62.3 Å². The molecular formula is C16H18ClN3O2S. The molecule has 1 aromatic heterocycles. The first-order chi connectivity index (χ1) is 11.0. The lowest BCUT2D eigenvalue weighted by Gasteiger charge is -2.18. The molecule has 0 bridgehead atoms. The maximum Gasteiger partial charge on any atom is 0.273 e. The summed E-state index contributed by atoms with van der Waals surface area (Å²) in [6.07, 6.45) is 0.